The molecule has 138 valence electrons. The number of hydrogen-bond acceptors (Lipinski definition) is 4. The van der Waals surface area contributed by atoms with Gasteiger partial charge in [-0.2, -0.15) is 0 Å². The lowest BCUT2D eigenvalue weighted by Crippen LogP contribution is -2.43. The fourth-order valence-electron chi connectivity index (χ4n) is 2.52. The van der Waals surface area contributed by atoms with Crippen LogP contribution in [0.25, 0.3) is 0 Å². The number of carbonyl (C=O) groups excluding carboxylic acids is 2. The van der Waals surface area contributed by atoms with Gasteiger partial charge in [0.1, 0.15) is 23.3 Å². The van der Waals surface area contributed by atoms with Crippen LogP contribution in [0.2, 0.25) is 0 Å². The Bertz CT molecular complexity index is 673. The summed E-state index contributed by atoms with van der Waals surface area (Å²) in [5.41, 5.74) is -1.04. The van der Waals surface area contributed by atoms with E-state index in [1.165, 1.54) is 0 Å². The summed E-state index contributed by atoms with van der Waals surface area (Å²) in [7, 11) is 0. The third-order valence-corrected chi connectivity index (χ3v) is 3.54. The number of nitrogens with one attached hydrogen (secondary N) is 1. The van der Waals surface area contributed by atoms with Gasteiger partial charge in [0.2, 0.25) is 0 Å². The van der Waals surface area contributed by atoms with Gasteiger partial charge in [-0.25, -0.2) is 18.0 Å². The molecule has 8 heteroatoms. The second-order valence-corrected chi connectivity index (χ2v) is 6.82. The van der Waals surface area contributed by atoms with Crippen molar-refractivity contribution in [2.45, 2.75) is 51.4 Å². The molecule has 25 heavy (non-hydrogen) atoms. The molecule has 1 N–H and O–H groups in total. The summed E-state index contributed by atoms with van der Waals surface area (Å²) in [5, 5.41) is 2.47. The van der Waals surface area contributed by atoms with Crippen molar-refractivity contribution in [3.05, 3.63) is 35.1 Å². The lowest BCUT2D eigenvalue weighted by molar-refractivity contribution is -0.119. The molecular weight excluding hydrogens is 339 g/mol. The Morgan fingerprint density at radius 3 is 2.48 bits per heavy atom. The fourth-order valence-corrected chi connectivity index (χ4v) is 2.52. The summed E-state index contributed by atoms with van der Waals surface area (Å²) in [6, 6.07) is 0.115. The first kappa shape index (κ1) is 19.2. The first-order valence-electron chi connectivity index (χ1n) is 7.84. The van der Waals surface area contributed by atoms with Crippen molar-refractivity contribution < 1.29 is 32.2 Å². The summed E-state index contributed by atoms with van der Waals surface area (Å²) in [6.45, 7) is 4.96. The summed E-state index contributed by atoms with van der Waals surface area (Å²) in [5.74, 6) is -3.80. The van der Waals surface area contributed by atoms with Crippen LogP contribution < -0.4 is 5.32 Å². The Balaban J connectivity index is 2.30. The molecule has 1 aromatic carbocycles. The fraction of sp³-hybridized carbons (Fsp3) is 0.529. The van der Waals surface area contributed by atoms with Gasteiger partial charge in [-0.1, -0.05) is 0 Å². The van der Waals surface area contributed by atoms with Crippen molar-refractivity contribution in [1.29, 1.82) is 0 Å². The maximum Gasteiger partial charge on any atom is 0.407 e. The van der Waals surface area contributed by atoms with Crippen LogP contribution >= 0.6 is 0 Å². The third kappa shape index (κ3) is 5.19. The van der Waals surface area contributed by atoms with E-state index in [4.69, 9.17) is 9.47 Å². The van der Waals surface area contributed by atoms with Crippen molar-refractivity contribution in [2.75, 3.05) is 6.61 Å². The van der Waals surface area contributed by atoms with Crippen LogP contribution in [0.5, 0.6) is 0 Å². The number of ether oxygens (including phenoxy) is 2. The number of alkyl carbamates (subject to hydrolysis) is 1. The third-order valence-electron chi connectivity index (χ3n) is 3.54. The number of halogens is 3. The molecule has 1 fully saturated rings. The molecule has 1 heterocycles. The molecule has 1 saturated heterocycles. The first-order chi connectivity index (χ1) is 11.6. The molecule has 1 aliphatic heterocycles. The van der Waals surface area contributed by atoms with Crippen molar-refractivity contribution in [3.63, 3.8) is 0 Å². The topological polar surface area (TPSA) is 64.6 Å². The van der Waals surface area contributed by atoms with Crippen molar-refractivity contribution in [3.8, 4) is 0 Å². The van der Waals surface area contributed by atoms with Gasteiger partial charge in [-0.05, 0) is 26.8 Å². The number of amides is 1. The van der Waals surface area contributed by atoms with Gasteiger partial charge in [-0.3, -0.25) is 4.79 Å². The lowest BCUT2D eigenvalue weighted by atomic mass is 9.97. The maximum atomic E-state index is 14.1. The molecule has 0 aromatic heterocycles. The zero-order valence-electron chi connectivity index (χ0n) is 14.2. The molecule has 2 unspecified atom stereocenters. The summed E-state index contributed by atoms with van der Waals surface area (Å²) in [4.78, 5) is 23.8. The van der Waals surface area contributed by atoms with E-state index in [-0.39, 0.29) is 30.8 Å². The second kappa shape index (κ2) is 7.43. The van der Waals surface area contributed by atoms with Gasteiger partial charge in [0.25, 0.3) is 0 Å². The van der Waals surface area contributed by atoms with E-state index in [9.17, 15) is 22.8 Å². The predicted molar refractivity (Wildman–Crippen MR) is 82.4 cm³/mol. The number of ketones is 1. The van der Waals surface area contributed by atoms with Crippen molar-refractivity contribution >= 4 is 11.9 Å². The number of Topliss-reactive ketones (excluding diaryl/α,β-unsaturated/α-hetero) is 1. The number of benzene rings is 1. The molecule has 1 aliphatic rings. The van der Waals surface area contributed by atoms with E-state index < -0.39 is 41.3 Å². The van der Waals surface area contributed by atoms with Gasteiger partial charge in [-0.15, -0.1) is 0 Å². The highest BCUT2D eigenvalue weighted by atomic mass is 19.2. The van der Waals surface area contributed by atoms with Crippen LogP contribution in [0, 0.1) is 17.5 Å². The minimum Gasteiger partial charge on any atom is -0.444 e. The largest absolute Gasteiger partial charge is 0.444 e. The minimum atomic E-state index is -1.33. The van der Waals surface area contributed by atoms with Crippen molar-refractivity contribution in [1.82, 2.24) is 5.32 Å². The zero-order chi connectivity index (χ0) is 18.8. The van der Waals surface area contributed by atoms with E-state index in [0.717, 1.165) is 0 Å². The van der Waals surface area contributed by atoms with Gasteiger partial charge in [0, 0.05) is 24.5 Å². The van der Waals surface area contributed by atoms with E-state index in [0.29, 0.717) is 12.1 Å². The summed E-state index contributed by atoms with van der Waals surface area (Å²) < 4.78 is 51.4. The highest BCUT2D eigenvalue weighted by Gasteiger charge is 2.34. The molecule has 0 aliphatic carbocycles. The Morgan fingerprint density at radius 2 is 1.84 bits per heavy atom. The molecule has 2 rings (SSSR count). The van der Waals surface area contributed by atoms with E-state index >= 15 is 0 Å². The molecule has 0 radical (unpaired) electrons. The molecule has 1 amide bonds. The number of carbonyl (C=O) groups is 2. The van der Waals surface area contributed by atoms with Crippen molar-refractivity contribution in [2.24, 2.45) is 0 Å². The quantitative estimate of drug-likeness (QED) is 0.822. The Labute approximate surface area is 143 Å². The van der Waals surface area contributed by atoms with Crippen LogP contribution in [0.3, 0.4) is 0 Å². The van der Waals surface area contributed by atoms with E-state index in [1.807, 2.05) is 0 Å². The SMILES string of the molecule is CC(C)(C)OC(=O)NC1CC(=O)CCOC1c1cc(F)c(F)cc1F. The molecule has 2 atom stereocenters. The predicted octanol–water partition coefficient (Wildman–Crippen LogP) is 3.42. The monoisotopic (exact) mass is 359 g/mol. The van der Waals surface area contributed by atoms with E-state index in [2.05, 4.69) is 5.32 Å². The molecular formula is C17H20F3NO4. The maximum absolute atomic E-state index is 14.1. The van der Waals surface area contributed by atoms with Gasteiger partial charge < -0.3 is 14.8 Å². The average Bonchev–Trinajstić information content (AvgIpc) is 2.62. The van der Waals surface area contributed by atoms with Crippen LogP contribution in [0.15, 0.2) is 12.1 Å². The average molecular weight is 359 g/mol. The second-order valence-electron chi connectivity index (χ2n) is 6.82. The summed E-state index contributed by atoms with van der Waals surface area (Å²) in [6.07, 6.45) is -2.02. The molecule has 0 bridgehead atoms. The highest BCUT2D eigenvalue weighted by molar-refractivity contribution is 5.80. The van der Waals surface area contributed by atoms with E-state index in [1.54, 1.807) is 20.8 Å². The molecule has 0 spiro atoms. The lowest BCUT2D eigenvalue weighted by Gasteiger charge is -2.28. The first-order valence-corrected chi connectivity index (χ1v) is 7.84. The van der Waals surface area contributed by atoms with Crippen LogP contribution in [-0.4, -0.2) is 30.1 Å². The highest BCUT2D eigenvalue weighted by Crippen LogP contribution is 2.30. The molecule has 1 aromatic rings. The summed E-state index contributed by atoms with van der Waals surface area (Å²) >= 11 is 0. The smallest absolute Gasteiger partial charge is 0.407 e. The standard InChI is InChI=1S/C17H20F3NO4/c1-17(2,3)25-16(23)21-14-6-9(22)4-5-24-15(14)10-7-12(19)13(20)8-11(10)18/h7-8,14-15H,4-6H2,1-3H3,(H,21,23). The Hall–Kier alpha value is -2.09. The Morgan fingerprint density at radius 1 is 1.20 bits per heavy atom. The molecule has 5 nitrogen and oxygen atoms in total. The Kier molecular flexibility index (Phi) is 5.72. The van der Waals surface area contributed by atoms with Crippen LogP contribution in [-0.2, 0) is 14.3 Å². The van der Waals surface area contributed by atoms with Crippen LogP contribution in [0.1, 0.15) is 45.3 Å². The van der Waals surface area contributed by atoms with Crippen LogP contribution in [0.4, 0.5) is 18.0 Å². The zero-order valence-corrected chi connectivity index (χ0v) is 14.2. The minimum absolute atomic E-state index is 0.0194. The normalized spacial score (nSPS) is 21.6. The number of hydrogen-bond donors (Lipinski definition) is 1. The number of rotatable bonds is 2. The van der Waals surface area contributed by atoms with Gasteiger partial charge in [0.15, 0.2) is 11.6 Å². The molecule has 0 saturated carbocycles. The van der Waals surface area contributed by atoms with Gasteiger partial charge >= 0.3 is 6.09 Å². The van der Waals surface area contributed by atoms with Gasteiger partial charge in [0.05, 0.1) is 12.6 Å².